The number of aryl methyl sites for hydroxylation is 4. The zero-order chi connectivity index (χ0) is 14.9. The summed E-state index contributed by atoms with van der Waals surface area (Å²) >= 11 is 0. The lowest BCUT2D eigenvalue weighted by atomic mass is 9.92. The predicted molar refractivity (Wildman–Crippen MR) is 84.4 cm³/mol. The maximum atomic E-state index is 6.50. The molecule has 0 amide bonds. The van der Waals surface area contributed by atoms with Crippen LogP contribution in [0.15, 0.2) is 30.3 Å². The molecule has 2 rings (SSSR count). The second kappa shape index (κ2) is 5.68. The van der Waals surface area contributed by atoms with Gasteiger partial charge in [-0.3, -0.25) is 0 Å². The molecule has 2 aromatic carbocycles. The molecule has 1 atom stereocenters. The summed E-state index contributed by atoms with van der Waals surface area (Å²) in [7, 11) is 1.70. The summed E-state index contributed by atoms with van der Waals surface area (Å²) in [4.78, 5) is 0. The van der Waals surface area contributed by atoms with E-state index in [1.54, 1.807) is 7.11 Å². The van der Waals surface area contributed by atoms with Gasteiger partial charge in [0.2, 0.25) is 0 Å². The minimum absolute atomic E-state index is 0.163. The molecule has 0 aromatic heterocycles. The Labute approximate surface area is 121 Å². The standard InChI is InChI=1S/C18H23NO/c1-11-6-12(2)9-15(8-11)18(19)17-14(4)7-13(3)10-16(17)20-5/h6-10,18H,19H2,1-5H3. The minimum atomic E-state index is -0.163. The summed E-state index contributed by atoms with van der Waals surface area (Å²) < 4.78 is 5.53. The van der Waals surface area contributed by atoms with E-state index in [0.29, 0.717) is 0 Å². The lowest BCUT2D eigenvalue weighted by molar-refractivity contribution is 0.407. The topological polar surface area (TPSA) is 35.2 Å². The maximum absolute atomic E-state index is 6.50. The molecule has 20 heavy (non-hydrogen) atoms. The number of nitrogens with two attached hydrogens (primary N) is 1. The highest BCUT2D eigenvalue weighted by molar-refractivity contribution is 5.49. The third-order valence-corrected chi connectivity index (χ3v) is 3.63. The molecule has 2 aromatic rings. The van der Waals surface area contributed by atoms with E-state index in [0.717, 1.165) is 16.9 Å². The molecule has 0 spiro atoms. The van der Waals surface area contributed by atoms with Gasteiger partial charge in [0.15, 0.2) is 0 Å². The Morgan fingerprint density at radius 2 is 1.40 bits per heavy atom. The molecular weight excluding hydrogens is 246 g/mol. The highest BCUT2D eigenvalue weighted by atomic mass is 16.5. The third kappa shape index (κ3) is 2.86. The number of hydrogen-bond donors (Lipinski definition) is 1. The second-order valence-electron chi connectivity index (χ2n) is 5.60. The first-order chi connectivity index (χ1) is 9.42. The molecule has 0 aliphatic carbocycles. The van der Waals surface area contributed by atoms with Crippen LogP contribution >= 0.6 is 0 Å². The summed E-state index contributed by atoms with van der Waals surface area (Å²) in [5.41, 5.74) is 13.5. The summed E-state index contributed by atoms with van der Waals surface area (Å²) in [5.74, 6) is 0.870. The van der Waals surface area contributed by atoms with Gasteiger partial charge >= 0.3 is 0 Å². The van der Waals surface area contributed by atoms with Gasteiger partial charge in [-0.15, -0.1) is 0 Å². The highest BCUT2D eigenvalue weighted by Gasteiger charge is 2.17. The summed E-state index contributed by atoms with van der Waals surface area (Å²) in [5, 5.41) is 0. The molecule has 2 nitrogen and oxygen atoms in total. The van der Waals surface area contributed by atoms with Crippen LogP contribution < -0.4 is 10.5 Å². The van der Waals surface area contributed by atoms with Gasteiger partial charge in [-0.2, -0.15) is 0 Å². The monoisotopic (exact) mass is 269 g/mol. The quantitative estimate of drug-likeness (QED) is 0.914. The maximum Gasteiger partial charge on any atom is 0.124 e. The van der Waals surface area contributed by atoms with E-state index in [9.17, 15) is 0 Å². The van der Waals surface area contributed by atoms with E-state index in [4.69, 9.17) is 10.5 Å². The third-order valence-electron chi connectivity index (χ3n) is 3.63. The first-order valence-electron chi connectivity index (χ1n) is 6.91. The van der Waals surface area contributed by atoms with E-state index in [2.05, 4.69) is 52.0 Å². The molecule has 0 aliphatic heterocycles. The van der Waals surface area contributed by atoms with Crippen LogP contribution in [0.5, 0.6) is 5.75 Å². The van der Waals surface area contributed by atoms with E-state index < -0.39 is 0 Å². The molecule has 0 saturated carbocycles. The van der Waals surface area contributed by atoms with Gasteiger partial charge in [0.25, 0.3) is 0 Å². The molecule has 0 fully saturated rings. The number of rotatable bonds is 3. The van der Waals surface area contributed by atoms with Crippen LogP contribution in [0.3, 0.4) is 0 Å². The van der Waals surface area contributed by atoms with Crippen LogP contribution in [0.1, 0.15) is 39.4 Å². The van der Waals surface area contributed by atoms with E-state index in [1.807, 2.05) is 6.07 Å². The average molecular weight is 269 g/mol. The van der Waals surface area contributed by atoms with E-state index in [-0.39, 0.29) is 6.04 Å². The van der Waals surface area contributed by atoms with Gasteiger partial charge in [0, 0.05) is 5.56 Å². The Morgan fingerprint density at radius 3 is 1.95 bits per heavy atom. The van der Waals surface area contributed by atoms with Crippen molar-refractivity contribution in [1.82, 2.24) is 0 Å². The van der Waals surface area contributed by atoms with Crippen molar-refractivity contribution >= 4 is 0 Å². The molecule has 106 valence electrons. The Hall–Kier alpha value is -1.80. The van der Waals surface area contributed by atoms with Crippen molar-refractivity contribution in [3.63, 3.8) is 0 Å². The number of benzene rings is 2. The molecule has 0 bridgehead atoms. The number of hydrogen-bond acceptors (Lipinski definition) is 2. The average Bonchev–Trinajstić information content (AvgIpc) is 2.35. The summed E-state index contributed by atoms with van der Waals surface area (Å²) in [6.45, 7) is 8.36. The Bertz CT molecular complexity index is 611. The van der Waals surface area contributed by atoms with Crippen molar-refractivity contribution in [2.45, 2.75) is 33.7 Å². The highest BCUT2D eigenvalue weighted by Crippen LogP contribution is 2.33. The van der Waals surface area contributed by atoms with Crippen LogP contribution in [0, 0.1) is 27.7 Å². The van der Waals surface area contributed by atoms with Crippen molar-refractivity contribution in [2.24, 2.45) is 5.73 Å². The largest absolute Gasteiger partial charge is 0.496 e. The lowest BCUT2D eigenvalue weighted by Crippen LogP contribution is -2.15. The smallest absolute Gasteiger partial charge is 0.124 e. The van der Waals surface area contributed by atoms with E-state index in [1.165, 1.54) is 22.3 Å². The van der Waals surface area contributed by atoms with Gasteiger partial charge in [0.1, 0.15) is 5.75 Å². The molecule has 0 radical (unpaired) electrons. The summed E-state index contributed by atoms with van der Waals surface area (Å²) in [6.07, 6.45) is 0. The SMILES string of the molecule is COc1cc(C)cc(C)c1C(N)c1cc(C)cc(C)c1. The normalized spacial score (nSPS) is 12.3. The van der Waals surface area contributed by atoms with Gasteiger partial charge in [-0.1, -0.05) is 35.4 Å². The van der Waals surface area contributed by atoms with Crippen LogP contribution in [0.4, 0.5) is 0 Å². The first-order valence-corrected chi connectivity index (χ1v) is 6.91. The van der Waals surface area contributed by atoms with E-state index >= 15 is 0 Å². The van der Waals surface area contributed by atoms with Crippen molar-refractivity contribution in [3.8, 4) is 5.75 Å². The van der Waals surface area contributed by atoms with Gasteiger partial charge < -0.3 is 10.5 Å². The Kier molecular flexibility index (Phi) is 4.15. The van der Waals surface area contributed by atoms with Crippen molar-refractivity contribution in [1.29, 1.82) is 0 Å². The lowest BCUT2D eigenvalue weighted by Gasteiger charge is -2.20. The van der Waals surface area contributed by atoms with Gasteiger partial charge in [-0.05, 0) is 50.5 Å². The molecule has 2 heteroatoms. The molecule has 2 N–H and O–H groups in total. The Morgan fingerprint density at radius 1 is 0.850 bits per heavy atom. The zero-order valence-corrected chi connectivity index (χ0v) is 12.9. The van der Waals surface area contributed by atoms with Gasteiger partial charge in [-0.25, -0.2) is 0 Å². The molecule has 1 unspecified atom stereocenters. The molecule has 0 saturated heterocycles. The minimum Gasteiger partial charge on any atom is -0.496 e. The van der Waals surface area contributed by atoms with Crippen molar-refractivity contribution in [3.05, 3.63) is 63.7 Å². The zero-order valence-electron chi connectivity index (χ0n) is 12.9. The van der Waals surface area contributed by atoms with Gasteiger partial charge in [0.05, 0.1) is 13.2 Å². The number of methoxy groups -OCH3 is 1. The molecular formula is C18H23NO. The predicted octanol–water partition coefficient (Wildman–Crippen LogP) is 3.98. The Balaban J connectivity index is 2.55. The number of ether oxygens (including phenoxy) is 1. The van der Waals surface area contributed by atoms with Crippen molar-refractivity contribution in [2.75, 3.05) is 7.11 Å². The van der Waals surface area contributed by atoms with Crippen LogP contribution in [0.25, 0.3) is 0 Å². The fourth-order valence-electron chi connectivity index (χ4n) is 2.86. The second-order valence-corrected chi connectivity index (χ2v) is 5.60. The van der Waals surface area contributed by atoms with Crippen molar-refractivity contribution < 1.29 is 4.74 Å². The fourth-order valence-corrected chi connectivity index (χ4v) is 2.86. The summed E-state index contributed by atoms with van der Waals surface area (Å²) in [6, 6.07) is 10.5. The first kappa shape index (κ1) is 14.6. The fraction of sp³-hybridized carbons (Fsp3) is 0.333. The van der Waals surface area contributed by atoms with Crippen LogP contribution in [-0.4, -0.2) is 7.11 Å². The molecule has 0 aliphatic rings. The van der Waals surface area contributed by atoms with Crippen LogP contribution in [0.2, 0.25) is 0 Å². The van der Waals surface area contributed by atoms with Crippen LogP contribution in [-0.2, 0) is 0 Å². The molecule has 0 heterocycles.